The van der Waals surface area contributed by atoms with E-state index >= 15 is 0 Å². The lowest BCUT2D eigenvalue weighted by Gasteiger charge is -2.20. The lowest BCUT2D eigenvalue weighted by Crippen LogP contribution is -2.31. The maximum atomic E-state index is 12.4. The highest BCUT2D eigenvalue weighted by atomic mass is 79.9. The Hall–Kier alpha value is -1.94. The molecule has 32 heavy (non-hydrogen) atoms. The van der Waals surface area contributed by atoms with Crippen molar-refractivity contribution in [2.45, 2.75) is 50.0 Å². The molecule has 2 aromatic carbocycles. The van der Waals surface area contributed by atoms with Crippen LogP contribution in [0.15, 0.2) is 51.8 Å². The molecule has 1 amide bonds. The quantitative estimate of drug-likeness (QED) is 0.539. The molecule has 1 saturated heterocycles. The number of halogens is 1. The predicted molar refractivity (Wildman–Crippen MR) is 128 cm³/mol. The third-order valence-corrected chi connectivity index (χ3v) is 7.19. The fourth-order valence-electron chi connectivity index (χ4n) is 3.23. The molecule has 0 saturated carbocycles. The first-order valence-corrected chi connectivity index (χ1v) is 12.8. The first kappa shape index (κ1) is 24.7. The van der Waals surface area contributed by atoms with Gasteiger partial charge in [0.25, 0.3) is 5.91 Å². The van der Waals surface area contributed by atoms with Crippen molar-refractivity contribution in [3.05, 3.63) is 52.5 Å². The lowest BCUT2D eigenvalue weighted by molar-refractivity contribution is -0.118. The summed E-state index contributed by atoms with van der Waals surface area (Å²) >= 11 is 3.49. The first-order valence-electron chi connectivity index (χ1n) is 10.5. The number of anilines is 1. The van der Waals surface area contributed by atoms with Gasteiger partial charge >= 0.3 is 0 Å². The van der Waals surface area contributed by atoms with E-state index in [0.717, 1.165) is 22.9 Å². The van der Waals surface area contributed by atoms with E-state index in [2.05, 4.69) is 46.7 Å². The van der Waals surface area contributed by atoms with Gasteiger partial charge in [-0.3, -0.25) is 4.79 Å². The van der Waals surface area contributed by atoms with Crippen LogP contribution in [0.4, 0.5) is 5.69 Å². The molecule has 1 fully saturated rings. The van der Waals surface area contributed by atoms with Crippen molar-refractivity contribution in [1.29, 1.82) is 0 Å². The van der Waals surface area contributed by atoms with E-state index in [-0.39, 0.29) is 35.5 Å². The summed E-state index contributed by atoms with van der Waals surface area (Å²) in [5.41, 5.74) is 1.65. The van der Waals surface area contributed by atoms with Gasteiger partial charge in [-0.15, -0.1) is 0 Å². The molecule has 9 heteroatoms. The van der Waals surface area contributed by atoms with Gasteiger partial charge < -0.3 is 14.8 Å². The van der Waals surface area contributed by atoms with Crippen LogP contribution in [-0.2, 0) is 25.0 Å². The Balaban J connectivity index is 1.52. The number of carbonyl (C=O) groups excluding carboxylic acids is 1. The van der Waals surface area contributed by atoms with E-state index in [1.54, 1.807) is 12.1 Å². The van der Waals surface area contributed by atoms with Gasteiger partial charge in [-0.1, -0.05) is 26.8 Å². The third-order valence-electron chi connectivity index (χ3n) is 5.13. The molecule has 0 bridgehead atoms. The van der Waals surface area contributed by atoms with E-state index in [0.29, 0.717) is 18.0 Å². The van der Waals surface area contributed by atoms with Crippen molar-refractivity contribution in [1.82, 2.24) is 4.72 Å². The summed E-state index contributed by atoms with van der Waals surface area (Å²) in [7, 11) is -3.63. The van der Waals surface area contributed by atoms with Crippen molar-refractivity contribution < 1.29 is 22.7 Å². The van der Waals surface area contributed by atoms with Crippen LogP contribution in [0, 0.1) is 0 Å². The molecule has 0 aromatic heterocycles. The number of hydrogen-bond donors (Lipinski definition) is 2. The summed E-state index contributed by atoms with van der Waals surface area (Å²) in [6.07, 6.45) is 1.73. The summed E-state index contributed by atoms with van der Waals surface area (Å²) in [6, 6.07) is 11.8. The SMILES string of the molecule is CC(C)(C)c1ccc(OCC(=O)Nc2ccc(S(=O)(=O)NCC3CCCO3)cc2)c(Br)c1. The van der Waals surface area contributed by atoms with Crippen LogP contribution >= 0.6 is 15.9 Å². The molecule has 1 aliphatic rings. The topological polar surface area (TPSA) is 93.7 Å². The monoisotopic (exact) mass is 524 g/mol. The Morgan fingerprint density at radius 3 is 2.50 bits per heavy atom. The summed E-state index contributed by atoms with van der Waals surface area (Å²) in [5, 5.41) is 2.71. The number of rotatable bonds is 8. The fraction of sp³-hybridized carbons (Fsp3) is 0.435. The highest BCUT2D eigenvalue weighted by Crippen LogP contribution is 2.31. The Bertz CT molecular complexity index is 1040. The van der Waals surface area contributed by atoms with Crippen LogP contribution in [0.5, 0.6) is 5.75 Å². The van der Waals surface area contributed by atoms with Crippen molar-refractivity contribution in [3.63, 3.8) is 0 Å². The van der Waals surface area contributed by atoms with Crippen LogP contribution in [0.2, 0.25) is 0 Å². The Morgan fingerprint density at radius 1 is 1.19 bits per heavy atom. The van der Waals surface area contributed by atoms with Gasteiger partial charge in [-0.05, 0) is 76.1 Å². The minimum Gasteiger partial charge on any atom is -0.483 e. The molecule has 2 aromatic rings. The second kappa shape index (κ2) is 10.3. The van der Waals surface area contributed by atoms with Crippen LogP contribution < -0.4 is 14.8 Å². The van der Waals surface area contributed by atoms with Gasteiger partial charge in [0.2, 0.25) is 10.0 Å². The van der Waals surface area contributed by atoms with Crippen LogP contribution in [0.25, 0.3) is 0 Å². The van der Waals surface area contributed by atoms with Crippen LogP contribution in [0.1, 0.15) is 39.2 Å². The number of carbonyl (C=O) groups is 1. The molecular weight excluding hydrogens is 496 g/mol. The normalized spacial score (nSPS) is 16.7. The molecule has 1 aliphatic heterocycles. The molecule has 3 rings (SSSR count). The maximum absolute atomic E-state index is 12.4. The van der Waals surface area contributed by atoms with E-state index in [1.807, 2.05) is 18.2 Å². The van der Waals surface area contributed by atoms with Crippen LogP contribution in [0.3, 0.4) is 0 Å². The zero-order chi connectivity index (χ0) is 23.4. The Morgan fingerprint density at radius 2 is 1.91 bits per heavy atom. The fourth-order valence-corrected chi connectivity index (χ4v) is 4.79. The molecule has 0 radical (unpaired) electrons. The molecule has 2 N–H and O–H groups in total. The first-order chi connectivity index (χ1) is 15.0. The summed E-state index contributed by atoms with van der Waals surface area (Å²) in [5.74, 6) is 0.232. The maximum Gasteiger partial charge on any atom is 0.262 e. The predicted octanol–water partition coefficient (Wildman–Crippen LogP) is 4.22. The number of amides is 1. The Kier molecular flexibility index (Phi) is 7.97. The average molecular weight is 525 g/mol. The zero-order valence-corrected chi connectivity index (χ0v) is 20.9. The molecular formula is C23H29BrN2O5S. The molecule has 1 unspecified atom stereocenters. The minimum absolute atomic E-state index is 0.0118. The number of sulfonamides is 1. The number of hydrogen-bond acceptors (Lipinski definition) is 5. The summed E-state index contributed by atoms with van der Waals surface area (Å²) in [6.45, 7) is 7.13. The van der Waals surface area contributed by atoms with E-state index in [4.69, 9.17) is 9.47 Å². The van der Waals surface area contributed by atoms with Crippen LogP contribution in [-0.4, -0.2) is 40.2 Å². The van der Waals surface area contributed by atoms with Crippen molar-refractivity contribution in [2.75, 3.05) is 25.1 Å². The molecule has 1 heterocycles. The van der Waals surface area contributed by atoms with Gasteiger partial charge in [-0.25, -0.2) is 13.1 Å². The van der Waals surface area contributed by atoms with Crippen molar-refractivity contribution in [2.24, 2.45) is 0 Å². The molecule has 174 valence electrons. The number of benzene rings is 2. The van der Waals surface area contributed by atoms with E-state index < -0.39 is 10.0 Å². The molecule has 0 aliphatic carbocycles. The summed E-state index contributed by atoms with van der Waals surface area (Å²) in [4.78, 5) is 12.4. The molecule has 0 spiro atoms. The largest absolute Gasteiger partial charge is 0.483 e. The molecule has 1 atom stereocenters. The van der Waals surface area contributed by atoms with Gasteiger partial charge in [0.05, 0.1) is 15.5 Å². The smallest absolute Gasteiger partial charge is 0.262 e. The standard InChI is InChI=1S/C23H29BrN2O5S/c1-23(2,3)16-6-11-21(20(24)13-16)31-15-22(27)26-17-7-9-19(10-8-17)32(28,29)25-14-18-5-4-12-30-18/h6-11,13,18,25H,4-5,12,14-15H2,1-3H3,(H,26,27). The lowest BCUT2D eigenvalue weighted by atomic mass is 9.87. The van der Waals surface area contributed by atoms with E-state index in [1.165, 1.54) is 12.1 Å². The average Bonchev–Trinajstić information content (AvgIpc) is 3.25. The van der Waals surface area contributed by atoms with Crippen molar-refractivity contribution in [3.8, 4) is 5.75 Å². The molecule has 7 nitrogen and oxygen atoms in total. The highest BCUT2D eigenvalue weighted by molar-refractivity contribution is 9.10. The van der Waals surface area contributed by atoms with Gasteiger partial charge in [0.1, 0.15) is 5.75 Å². The third kappa shape index (κ3) is 6.78. The number of nitrogens with one attached hydrogen (secondary N) is 2. The van der Waals surface area contributed by atoms with Gasteiger partial charge in [0.15, 0.2) is 6.61 Å². The van der Waals surface area contributed by atoms with Crippen molar-refractivity contribution >= 4 is 37.5 Å². The van der Waals surface area contributed by atoms with Gasteiger partial charge in [-0.2, -0.15) is 0 Å². The summed E-state index contributed by atoms with van der Waals surface area (Å²) < 4.78 is 39.3. The minimum atomic E-state index is -3.63. The number of ether oxygens (including phenoxy) is 2. The van der Waals surface area contributed by atoms with Gasteiger partial charge in [0, 0.05) is 18.8 Å². The second-order valence-electron chi connectivity index (χ2n) is 8.74. The Labute approximate surface area is 198 Å². The zero-order valence-electron chi connectivity index (χ0n) is 18.5. The highest BCUT2D eigenvalue weighted by Gasteiger charge is 2.20. The second-order valence-corrected chi connectivity index (χ2v) is 11.4. The van der Waals surface area contributed by atoms with E-state index in [9.17, 15) is 13.2 Å².